The van der Waals surface area contributed by atoms with E-state index in [-0.39, 0.29) is 23.9 Å². The van der Waals surface area contributed by atoms with Gasteiger partial charge in [-0.2, -0.15) is 0 Å². The van der Waals surface area contributed by atoms with Crippen LogP contribution in [0.2, 0.25) is 0 Å². The zero-order valence-electron chi connectivity index (χ0n) is 23.2. The van der Waals surface area contributed by atoms with Crippen LogP contribution in [0, 0.1) is 5.92 Å². The second kappa shape index (κ2) is 15.1. The number of halogens is 1. The van der Waals surface area contributed by atoms with Crippen LogP contribution in [0.5, 0.6) is 0 Å². The summed E-state index contributed by atoms with van der Waals surface area (Å²) >= 11 is 0. The minimum atomic E-state index is -0.697. The lowest BCUT2D eigenvalue weighted by atomic mass is 9.90. The van der Waals surface area contributed by atoms with Crippen LogP contribution >= 0.6 is 0 Å². The van der Waals surface area contributed by atoms with E-state index in [1.807, 2.05) is 34.6 Å². The molecule has 0 aliphatic carbocycles. The Balaban J connectivity index is 0.000000672. The Morgan fingerprint density at radius 3 is 2.11 bits per heavy atom. The predicted octanol–water partition coefficient (Wildman–Crippen LogP) is 7.15. The molecule has 1 rings (SSSR count). The molecule has 0 spiro atoms. The van der Waals surface area contributed by atoms with E-state index in [0.717, 1.165) is 25.7 Å². The molecule has 1 unspecified atom stereocenters. The molecule has 1 atom stereocenters. The molecule has 1 aliphatic rings. The summed E-state index contributed by atoms with van der Waals surface area (Å²) in [6.45, 7) is 22.8. The van der Waals surface area contributed by atoms with Gasteiger partial charge in [-0.25, -0.2) is 9.18 Å². The SMILES string of the molecule is C=CCOC1(CC(=C)F)CN(C(=O)OC(C)(C)C)C1.CC=CCCCCC(C)C(=O)OC(C)(C)C. The summed E-state index contributed by atoms with van der Waals surface area (Å²) < 4.78 is 29.1. The second-order valence-corrected chi connectivity index (χ2v) is 11.1. The molecule has 0 radical (unpaired) electrons. The van der Waals surface area contributed by atoms with Crippen LogP contribution in [0.15, 0.2) is 37.2 Å². The Bertz CT molecular complexity index is 712. The Morgan fingerprint density at radius 1 is 1.09 bits per heavy atom. The third-order valence-corrected chi connectivity index (χ3v) is 4.93. The summed E-state index contributed by atoms with van der Waals surface area (Å²) in [4.78, 5) is 24.9. The fourth-order valence-corrected chi connectivity index (χ4v) is 3.34. The van der Waals surface area contributed by atoms with Gasteiger partial charge in [-0.1, -0.05) is 38.2 Å². The van der Waals surface area contributed by atoms with Gasteiger partial charge in [0, 0.05) is 6.42 Å². The molecule has 0 N–H and O–H groups in total. The van der Waals surface area contributed by atoms with E-state index in [4.69, 9.17) is 14.2 Å². The van der Waals surface area contributed by atoms with Crippen molar-refractivity contribution in [2.75, 3.05) is 19.7 Å². The maximum absolute atomic E-state index is 13.0. The summed E-state index contributed by atoms with van der Waals surface area (Å²) in [5, 5.41) is 0. The fraction of sp³-hybridized carbons (Fsp3) is 0.714. The molecule has 1 fully saturated rings. The monoisotopic (exact) mass is 497 g/mol. The number of ether oxygens (including phenoxy) is 3. The zero-order valence-corrected chi connectivity index (χ0v) is 23.2. The van der Waals surface area contributed by atoms with Crippen LogP contribution in [-0.4, -0.2) is 53.5 Å². The predicted molar refractivity (Wildman–Crippen MR) is 140 cm³/mol. The number of rotatable bonds is 11. The van der Waals surface area contributed by atoms with Gasteiger partial charge in [-0.05, 0) is 67.7 Å². The van der Waals surface area contributed by atoms with Crippen molar-refractivity contribution in [2.45, 2.75) is 104 Å². The number of carbonyl (C=O) groups excluding carboxylic acids is 2. The Labute approximate surface area is 212 Å². The van der Waals surface area contributed by atoms with Gasteiger partial charge in [-0.3, -0.25) is 4.79 Å². The molecule has 1 saturated heterocycles. The van der Waals surface area contributed by atoms with Gasteiger partial charge in [0.25, 0.3) is 0 Å². The first kappa shape index (κ1) is 32.8. The van der Waals surface area contributed by atoms with E-state index in [9.17, 15) is 14.0 Å². The summed E-state index contributed by atoms with van der Waals surface area (Å²) in [6.07, 6.45) is 9.77. The first-order valence-corrected chi connectivity index (χ1v) is 12.4. The number of amides is 1. The van der Waals surface area contributed by atoms with Crippen LogP contribution < -0.4 is 0 Å². The largest absolute Gasteiger partial charge is 0.460 e. The molecule has 7 heteroatoms. The van der Waals surface area contributed by atoms with Crippen LogP contribution in [0.1, 0.15) is 87.5 Å². The summed E-state index contributed by atoms with van der Waals surface area (Å²) in [6, 6.07) is 0. The molecule has 0 aromatic heterocycles. The first-order chi connectivity index (χ1) is 16.0. The van der Waals surface area contributed by atoms with E-state index < -0.39 is 23.1 Å². The standard InChI is InChI=1S/C14H22FNO3.C14H26O2/c1-6-7-18-14(8-11(2)15)9-16(10-14)12(17)19-13(3,4)5;1-6-7-8-9-10-11-12(2)13(15)16-14(3,4)5/h6H,1-2,7-10H2,3-5H3;6-7,12H,8-11H2,1-5H3. The molecule has 1 amide bonds. The highest BCUT2D eigenvalue weighted by molar-refractivity contribution is 5.72. The van der Waals surface area contributed by atoms with Crippen molar-refractivity contribution in [1.82, 2.24) is 4.90 Å². The Hall–Kier alpha value is -2.15. The normalized spacial score (nSPS) is 16.0. The number of nitrogens with zero attached hydrogens (tertiary/aromatic N) is 1. The number of esters is 1. The molecule has 35 heavy (non-hydrogen) atoms. The third-order valence-electron chi connectivity index (χ3n) is 4.93. The topological polar surface area (TPSA) is 65.1 Å². The van der Waals surface area contributed by atoms with Gasteiger partial charge >= 0.3 is 12.1 Å². The van der Waals surface area contributed by atoms with Gasteiger partial charge in [0.05, 0.1) is 31.4 Å². The van der Waals surface area contributed by atoms with E-state index in [1.165, 1.54) is 4.90 Å². The van der Waals surface area contributed by atoms with Gasteiger partial charge in [0.2, 0.25) is 0 Å². The average molecular weight is 498 g/mol. The van der Waals surface area contributed by atoms with Crippen molar-refractivity contribution >= 4 is 12.1 Å². The maximum atomic E-state index is 13.0. The molecule has 0 aromatic rings. The van der Waals surface area contributed by atoms with Crippen molar-refractivity contribution in [3.05, 3.63) is 37.2 Å². The zero-order chi connectivity index (χ0) is 27.3. The first-order valence-electron chi connectivity index (χ1n) is 12.4. The quantitative estimate of drug-likeness (QED) is 0.172. The van der Waals surface area contributed by atoms with Crippen LogP contribution in [-0.2, 0) is 19.0 Å². The maximum Gasteiger partial charge on any atom is 0.410 e. The molecule has 202 valence electrons. The number of carbonyl (C=O) groups is 2. The summed E-state index contributed by atoms with van der Waals surface area (Å²) in [5.41, 5.74) is -1.60. The fourth-order valence-electron chi connectivity index (χ4n) is 3.34. The highest BCUT2D eigenvalue weighted by Crippen LogP contribution is 2.33. The lowest BCUT2D eigenvalue weighted by Gasteiger charge is -2.49. The molecular weight excluding hydrogens is 449 g/mol. The van der Waals surface area contributed by atoms with E-state index in [2.05, 4.69) is 25.3 Å². The van der Waals surface area contributed by atoms with E-state index in [1.54, 1.807) is 26.8 Å². The minimum absolute atomic E-state index is 0.0184. The highest BCUT2D eigenvalue weighted by atomic mass is 19.1. The summed E-state index contributed by atoms with van der Waals surface area (Å²) in [7, 11) is 0. The smallest absolute Gasteiger partial charge is 0.410 e. The van der Waals surface area contributed by atoms with Crippen LogP contribution in [0.4, 0.5) is 9.18 Å². The van der Waals surface area contributed by atoms with Crippen molar-refractivity contribution in [3.8, 4) is 0 Å². The lowest BCUT2D eigenvalue weighted by molar-refractivity contribution is -0.159. The van der Waals surface area contributed by atoms with Gasteiger partial charge in [0.15, 0.2) is 0 Å². The van der Waals surface area contributed by atoms with Crippen LogP contribution in [0.3, 0.4) is 0 Å². The molecule has 1 aliphatic heterocycles. The second-order valence-electron chi connectivity index (χ2n) is 11.1. The van der Waals surface area contributed by atoms with Gasteiger partial charge < -0.3 is 19.1 Å². The number of unbranched alkanes of at least 4 members (excludes halogenated alkanes) is 2. The van der Waals surface area contributed by atoms with Crippen molar-refractivity contribution in [2.24, 2.45) is 5.92 Å². The van der Waals surface area contributed by atoms with Crippen molar-refractivity contribution < 1.29 is 28.2 Å². The highest BCUT2D eigenvalue weighted by Gasteiger charge is 2.47. The van der Waals surface area contributed by atoms with Gasteiger partial charge in [-0.15, -0.1) is 6.58 Å². The molecule has 6 nitrogen and oxygen atoms in total. The van der Waals surface area contributed by atoms with Gasteiger partial charge in [0.1, 0.15) is 16.8 Å². The lowest BCUT2D eigenvalue weighted by Crippen LogP contribution is -2.65. The number of hydrogen-bond donors (Lipinski definition) is 0. The average Bonchev–Trinajstić information content (AvgIpc) is 2.66. The number of hydrogen-bond acceptors (Lipinski definition) is 5. The molecule has 0 saturated carbocycles. The number of allylic oxidation sites excluding steroid dienone is 2. The summed E-state index contributed by atoms with van der Waals surface area (Å²) in [5.74, 6) is -0.503. The molecule has 1 heterocycles. The molecule has 0 aromatic carbocycles. The van der Waals surface area contributed by atoms with E-state index >= 15 is 0 Å². The molecular formula is C28H48FNO5. The Morgan fingerprint density at radius 2 is 1.66 bits per heavy atom. The van der Waals surface area contributed by atoms with Crippen molar-refractivity contribution in [1.29, 1.82) is 0 Å². The Kier molecular flexibility index (Phi) is 14.1. The minimum Gasteiger partial charge on any atom is -0.460 e. The van der Waals surface area contributed by atoms with Crippen LogP contribution in [0.25, 0.3) is 0 Å². The number of likely N-dealkylation sites (tertiary alicyclic amines) is 1. The third kappa shape index (κ3) is 15.5. The molecule has 0 bridgehead atoms. The van der Waals surface area contributed by atoms with E-state index in [0.29, 0.717) is 19.7 Å². The van der Waals surface area contributed by atoms with Crippen molar-refractivity contribution in [3.63, 3.8) is 0 Å².